The molecule has 6 heteroatoms. The van der Waals surface area contributed by atoms with Crippen molar-refractivity contribution in [2.45, 2.75) is 82.6 Å². The molecular formula is C20H31N3O3. The number of allylic oxidation sites excluding steroid dienone is 1. The third-order valence-corrected chi connectivity index (χ3v) is 5.91. The van der Waals surface area contributed by atoms with Crippen LogP contribution in [0.15, 0.2) is 11.6 Å². The molecule has 0 atom stereocenters. The number of urea groups is 1. The highest BCUT2D eigenvalue weighted by Crippen LogP contribution is 2.31. The second-order valence-electron chi connectivity index (χ2n) is 7.88. The Morgan fingerprint density at radius 1 is 1.08 bits per heavy atom. The molecule has 2 N–H and O–H groups in total. The number of nitrogens with one attached hydrogen (secondary N) is 2. The molecule has 3 aliphatic rings. The molecule has 0 aromatic heterocycles. The van der Waals surface area contributed by atoms with Gasteiger partial charge in [0.25, 0.3) is 5.91 Å². The average Bonchev–Trinajstić information content (AvgIpc) is 2.84. The highest BCUT2D eigenvalue weighted by Gasteiger charge is 2.50. The molecule has 144 valence electrons. The number of carbonyl (C=O) groups is 3. The predicted octanol–water partition coefficient (Wildman–Crippen LogP) is 3.03. The van der Waals surface area contributed by atoms with Crippen LogP contribution in [0.25, 0.3) is 0 Å². The summed E-state index contributed by atoms with van der Waals surface area (Å²) in [5.74, 6) is -0.470. The van der Waals surface area contributed by atoms with Crippen molar-refractivity contribution in [3.05, 3.63) is 11.6 Å². The quantitative estimate of drug-likeness (QED) is 0.583. The van der Waals surface area contributed by atoms with Gasteiger partial charge in [0, 0.05) is 6.54 Å². The van der Waals surface area contributed by atoms with Gasteiger partial charge in [-0.15, -0.1) is 0 Å². The lowest BCUT2D eigenvalue weighted by Crippen LogP contribution is -2.48. The Labute approximate surface area is 155 Å². The van der Waals surface area contributed by atoms with E-state index in [-0.39, 0.29) is 18.4 Å². The van der Waals surface area contributed by atoms with Crippen molar-refractivity contribution in [2.24, 2.45) is 0 Å². The molecule has 4 amide bonds. The zero-order valence-electron chi connectivity index (χ0n) is 15.6. The van der Waals surface area contributed by atoms with E-state index in [0.717, 1.165) is 49.8 Å². The summed E-state index contributed by atoms with van der Waals surface area (Å²) in [6.45, 7) is 0.394. The summed E-state index contributed by atoms with van der Waals surface area (Å²) in [5, 5.41) is 5.76. The molecule has 1 heterocycles. The van der Waals surface area contributed by atoms with Gasteiger partial charge in [0.15, 0.2) is 0 Å². The van der Waals surface area contributed by atoms with Gasteiger partial charge in [0.2, 0.25) is 5.91 Å². The molecule has 0 aromatic carbocycles. The summed E-state index contributed by atoms with van der Waals surface area (Å²) in [4.78, 5) is 38.5. The Hall–Kier alpha value is -1.85. The Bertz CT molecular complexity index is 577. The van der Waals surface area contributed by atoms with E-state index in [0.29, 0.717) is 19.4 Å². The maximum atomic E-state index is 12.9. The van der Waals surface area contributed by atoms with Gasteiger partial charge in [0.05, 0.1) is 0 Å². The highest BCUT2D eigenvalue weighted by atomic mass is 16.2. The minimum atomic E-state index is -0.773. The molecule has 6 nitrogen and oxygen atoms in total. The van der Waals surface area contributed by atoms with Gasteiger partial charge in [0.1, 0.15) is 12.1 Å². The summed E-state index contributed by atoms with van der Waals surface area (Å²) in [6.07, 6.45) is 14.5. The first-order chi connectivity index (χ1) is 12.6. The van der Waals surface area contributed by atoms with Crippen LogP contribution in [-0.4, -0.2) is 41.4 Å². The molecule has 1 saturated carbocycles. The van der Waals surface area contributed by atoms with Gasteiger partial charge < -0.3 is 10.6 Å². The molecule has 2 fully saturated rings. The molecular weight excluding hydrogens is 330 g/mol. The minimum Gasteiger partial charge on any atom is -0.354 e. The maximum absolute atomic E-state index is 12.9. The van der Waals surface area contributed by atoms with Gasteiger partial charge in [-0.05, 0) is 44.9 Å². The van der Waals surface area contributed by atoms with Crippen molar-refractivity contribution >= 4 is 17.8 Å². The van der Waals surface area contributed by atoms with E-state index in [1.807, 2.05) is 0 Å². The van der Waals surface area contributed by atoms with E-state index in [9.17, 15) is 14.4 Å². The topological polar surface area (TPSA) is 78.5 Å². The summed E-state index contributed by atoms with van der Waals surface area (Å²) < 4.78 is 0. The average molecular weight is 361 g/mol. The maximum Gasteiger partial charge on any atom is 0.325 e. The van der Waals surface area contributed by atoms with Gasteiger partial charge in [-0.1, -0.05) is 43.8 Å². The fourth-order valence-corrected chi connectivity index (χ4v) is 4.36. The van der Waals surface area contributed by atoms with Crippen LogP contribution in [0.4, 0.5) is 4.79 Å². The van der Waals surface area contributed by atoms with E-state index < -0.39 is 11.6 Å². The Kier molecular flexibility index (Phi) is 6.33. The van der Waals surface area contributed by atoms with Crippen molar-refractivity contribution in [3.8, 4) is 0 Å². The number of hydrogen-bond acceptors (Lipinski definition) is 3. The first-order valence-corrected chi connectivity index (χ1v) is 10.2. The molecule has 1 spiro atoms. The van der Waals surface area contributed by atoms with E-state index in [4.69, 9.17) is 0 Å². The van der Waals surface area contributed by atoms with Crippen molar-refractivity contribution in [3.63, 3.8) is 0 Å². The molecule has 0 aromatic rings. The molecule has 0 bridgehead atoms. The minimum absolute atomic E-state index is 0.175. The van der Waals surface area contributed by atoms with Crippen LogP contribution in [0.1, 0.15) is 77.0 Å². The lowest BCUT2D eigenvalue weighted by atomic mass is 9.84. The van der Waals surface area contributed by atoms with Crippen LogP contribution < -0.4 is 10.6 Å². The number of amides is 4. The summed E-state index contributed by atoms with van der Waals surface area (Å²) in [5.41, 5.74) is 0.630. The van der Waals surface area contributed by atoms with Crippen LogP contribution in [0, 0.1) is 0 Å². The molecule has 0 radical (unpaired) electrons. The molecule has 26 heavy (non-hydrogen) atoms. The third-order valence-electron chi connectivity index (χ3n) is 5.91. The van der Waals surface area contributed by atoms with Crippen LogP contribution in [0.3, 0.4) is 0 Å². The number of imide groups is 1. The first-order valence-electron chi connectivity index (χ1n) is 10.2. The Morgan fingerprint density at radius 3 is 2.50 bits per heavy atom. The smallest absolute Gasteiger partial charge is 0.325 e. The van der Waals surface area contributed by atoms with Crippen molar-refractivity contribution in [1.82, 2.24) is 15.5 Å². The van der Waals surface area contributed by atoms with E-state index >= 15 is 0 Å². The van der Waals surface area contributed by atoms with Gasteiger partial charge in [-0.25, -0.2) is 4.79 Å². The molecule has 1 saturated heterocycles. The van der Waals surface area contributed by atoms with E-state index in [2.05, 4.69) is 16.7 Å². The van der Waals surface area contributed by atoms with Crippen molar-refractivity contribution in [1.29, 1.82) is 0 Å². The lowest BCUT2D eigenvalue weighted by molar-refractivity contribution is -0.135. The van der Waals surface area contributed by atoms with Crippen molar-refractivity contribution in [2.75, 3.05) is 13.1 Å². The largest absolute Gasteiger partial charge is 0.354 e. The van der Waals surface area contributed by atoms with E-state index in [1.165, 1.54) is 24.8 Å². The SMILES string of the molecule is O=C(CN1C(=O)NC2(CCCCCCC2)C1=O)NCCC1=CCCCC1. The molecule has 2 aliphatic carbocycles. The zero-order valence-corrected chi connectivity index (χ0v) is 15.6. The molecule has 1 aliphatic heterocycles. The monoisotopic (exact) mass is 361 g/mol. The summed E-state index contributed by atoms with van der Waals surface area (Å²) in [7, 11) is 0. The lowest BCUT2D eigenvalue weighted by Gasteiger charge is -2.28. The van der Waals surface area contributed by atoms with Crippen LogP contribution in [0.5, 0.6) is 0 Å². The normalized spacial score (nSPS) is 23.2. The third kappa shape index (κ3) is 4.46. The zero-order chi connectivity index (χ0) is 18.4. The fraction of sp³-hybridized carbons (Fsp3) is 0.750. The highest BCUT2D eigenvalue weighted by molar-refractivity contribution is 6.09. The van der Waals surface area contributed by atoms with E-state index in [1.54, 1.807) is 0 Å². The van der Waals surface area contributed by atoms with Crippen LogP contribution in [-0.2, 0) is 9.59 Å². The second kappa shape index (κ2) is 8.69. The second-order valence-corrected chi connectivity index (χ2v) is 7.88. The van der Waals surface area contributed by atoms with Crippen molar-refractivity contribution < 1.29 is 14.4 Å². The number of rotatable bonds is 5. The number of hydrogen-bond donors (Lipinski definition) is 2. The van der Waals surface area contributed by atoms with Gasteiger partial charge in [-0.3, -0.25) is 14.5 Å². The van der Waals surface area contributed by atoms with Crippen LogP contribution >= 0.6 is 0 Å². The Balaban J connectivity index is 1.50. The summed E-state index contributed by atoms with van der Waals surface area (Å²) in [6, 6.07) is -0.416. The van der Waals surface area contributed by atoms with Crippen LogP contribution in [0.2, 0.25) is 0 Å². The Morgan fingerprint density at radius 2 is 1.81 bits per heavy atom. The molecule has 3 rings (SSSR count). The first kappa shape index (κ1) is 18.9. The summed E-state index contributed by atoms with van der Waals surface area (Å²) >= 11 is 0. The molecule has 0 unspecified atom stereocenters. The van der Waals surface area contributed by atoms with Gasteiger partial charge in [-0.2, -0.15) is 0 Å². The standard InChI is InChI=1S/C20H31N3O3/c24-17(21-14-11-16-9-5-4-6-10-16)15-23-18(25)20(22-19(23)26)12-7-2-1-3-8-13-20/h9H,1-8,10-15H2,(H,21,24)(H,22,26). The van der Waals surface area contributed by atoms with Gasteiger partial charge >= 0.3 is 6.03 Å². The number of nitrogens with zero attached hydrogens (tertiary/aromatic N) is 1. The predicted molar refractivity (Wildman–Crippen MR) is 99.5 cm³/mol. The fourth-order valence-electron chi connectivity index (χ4n) is 4.36. The number of carbonyl (C=O) groups excluding carboxylic acids is 3.